The van der Waals surface area contributed by atoms with E-state index in [1.807, 2.05) is 31.3 Å². The number of aryl methyl sites for hydroxylation is 1. The first-order valence-electron chi connectivity index (χ1n) is 9.25. The standard InChI is InChI=1S/C19H22ClN5O2S/c1-23-18(13-15(22-23)4-10-26)27-11-9-24-5-7-25(8-6-24)19-21-16-3-2-14(20)12-17(16)28-19/h2-3,10,12-13H,4-9,11H2,1H3. The number of rotatable bonds is 7. The Morgan fingerprint density at radius 1 is 1.25 bits per heavy atom. The molecule has 2 aromatic heterocycles. The van der Waals surface area contributed by atoms with Crippen LogP contribution < -0.4 is 9.64 Å². The molecule has 0 N–H and O–H groups in total. The van der Waals surface area contributed by atoms with Crippen LogP contribution >= 0.6 is 22.9 Å². The largest absolute Gasteiger partial charge is 0.476 e. The van der Waals surface area contributed by atoms with Gasteiger partial charge in [-0.05, 0) is 18.2 Å². The number of aldehydes is 1. The first-order valence-corrected chi connectivity index (χ1v) is 10.4. The summed E-state index contributed by atoms with van der Waals surface area (Å²) in [5, 5.41) is 6.07. The lowest BCUT2D eigenvalue weighted by Gasteiger charge is -2.34. The van der Waals surface area contributed by atoms with Gasteiger partial charge in [0.15, 0.2) is 5.13 Å². The minimum atomic E-state index is 0.317. The van der Waals surface area contributed by atoms with Crippen LogP contribution in [0.5, 0.6) is 5.88 Å². The van der Waals surface area contributed by atoms with Gasteiger partial charge in [-0.1, -0.05) is 22.9 Å². The maximum absolute atomic E-state index is 10.6. The smallest absolute Gasteiger partial charge is 0.211 e. The predicted molar refractivity (Wildman–Crippen MR) is 112 cm³/mol. The Hall–Kier alpha value is -2.16. The fraction of sp³-hybridized carbons (Fsp3) is 0.421. The molecule has 1 aromatic carbocycles. The average Bonchev–Trinajstić information content (AvgIpc) is 3.25. The molecule has 0 radical (unpaired) electrons. The van der Waals surface area contributed by atoms with Crippen molar-refractivity contribution in [2.24, 2.45) is 7.05 Å². The highest BCUT2D eigenvalue weighted by Gasteiger charge is 2.20. The van der Waals surface area contributed by atoms with Crippen LogP contribution in [-0.4, -0.2) is 65.3 Å². The van der Waals surface area contributed by atoms with E-state index in [0.29, 0.717) is 18.9 Å². The quantitative estimate of drug-likeness (QED) is 0.548. The van der Waals surface area contributed by atoms with Gasteiger partial charge in [0.1, 0.15) is 12.9 Å². The number of ether oxygens (including phenoxy) is 1. The Bertz CT molecular complexity index is 965. The monoisotopic (exact) mass is 419 g/mol. The van der Waals surface area contributed by atoms with E-state index in [9.17, 15) is 4.79 Å². The molecule has 0 aliphatic carbocycles. The molecule has 3 aromatic rings. The number of hydrogen-bond donors (Lipinski definition) is 0. The normalized spacial score (nSPS) is 15.3. The number of nitrogens with zero attached hydrogens (tertiary/aromatic N) is 5. The van der Waals surface area contributed by atoms with E-state index in [0.717, 1.165) is 65.1 Å². The SMILES string of the molecule is Cn1nc(CC=O)cc1OCCN1CCN(c2nc3ccc(Cl)cc3s2)CC1. The summed E-state index contributed by atoms with van der Waals surface area (Å²) in [6.07, 6.45) is 1.17. The van der Waals surface area contributed by atoms with E-state index in [4.69, 9.17) is 21.3 Å². The fourth-order valence-corrected chi connectivity index (χ4v) is 4.58. The van der Waals surface area contributed by atoms with Crippen molar-refractivity contribution in [3.8, 4) is 5.88 Å². The third-order valence-corrected chi connectivity index (χ3v) is 6.13. The number of carbonyl (C=O) groups is 1. The van der Waals surface area contributed by atoms with Crippen molar-refractivity contribution in [3.05, 3.63) is 35.0 Å². The van der Waals surface area contributed by atoms with Crippen LogP contribution in [0.3, 0.4) is 0 Å². The zero-order valence-electron chi connectivity index (χ0n) is 15.7. The molecule has 1 fully saturated rings. The van der Waals surface area contributed by atoms with Crippen molar-refractivity contribution < 1.29 is 9.53 Å². The summed E-state index contributed by atoms with van der Waals surface area (Å²) in [6.45, 7) is 5.30. The highest BCUT2D eigenvalue weighted by atomic mass is 35.5. The molecule has 0 saturated carbocycles. The minimum Gasteiger partial charge on any atom is -0.476 e. The second-order valence-corrected chi connectivity index (χ2v) is 8.20. The van der Waals surface area contributed by atoms with Crippen molar-refractivity contribution in [1.29, 1.82) is 0 Å². The molecule has 1 aliphatic rings. The lowest BCUT2D eigenvalue weighted by atomic mass is 10.3. The molecule has 4 rings (SSSR count). The number of aromatic nitrogens is 3. The molecule has 7 nitrogen and oxygen atoms in total. The van der Waals surface area contributed by atoms with E-state index < -0.39 is 0 Å². The number of halogens is 1. The zero-order chi connectivity index (χ0) is 19.5. The Morgan fingerprint density at radius 3 is 2.86 bits per heavy atom. The number of thiazole rings is 1. The van der Waals surface area contributed by atoms with Crippen LogP contribution in [-0.2, 0) is 18.3 Å². The molecule has 1 saturated heterocycles. The maximum atomic E-state index is 10.6. The molecule has 9 heteroatoms. The summed E-state index contributed by atoms with van der Waals surface area (Å²) < 4.78 is 8.64. The Labute approximate surface area is 172 Å². The Balaban J connectivity index is 1.26. The summed E-state index contributed by atoms with van der Waals surface area (Å²) in [5.41, 5.74) is 1.74. The van der Waals surface area contributed by atoms with E-state index in [2.05, 4.69) is 14.9 Å². The summed E-state index contributed by atoms with van der Waals surface area (Å²) in [7, 11) is 1.83. The molecule has 0 atom stereocenters. The molecule has 0 unspecified atom stereocenters. The topological polar surface area (TPSA) is 63.5 Å². The summed E-state index contributed by atoms with van der Waals surface area (Å²) >= 11 is 7.77. The van der Waals surface area contributed by atoms with Gasteiger partial charge in [-0.3, -0.25) is 4.90 Å². The fourth-order valence-electron chi connectivity index (χ4n) is 3.29. The molecule has 148 valence electrons. The van der Waals surface area contributed by atoms with Gasteiger partial charge < -0.3 is 14.4 Å². The highest BCUT2D eigenvalue weighted by Crippen LogP contribution is 2.31. The maximum Gasteiger partial charge on any atom is 0.211 e. The summed E-state index contributed by atoms with van der Waals surface area (Å²) in [6, 6.07) is 7.66. The third kappa shape index (κ3) is 4.29. The number of piperazine rings is 1. The first kappa shape index (κ1) is 19.2. The van der Waals surface area contributed by atoms with Crippen molar-refractivity contribution in [3.63, 3.8) is 0 Å². The van der Waals surface area contributed by atoms with Crippen LogP contribution in [0.2, 0.25) is 5.02 Å². The van der Waals surface area contributed by atoms with Crippen LogP contribution in [0.1, 0.15) is 5.69 Å². The van der Waals surface area contributed by atoms with Gasteiger partial charge in [-0.25, -0.2) is 9.67 Å². The number of anilines is 1. The van der Waals surface area contributed by atoms with Crippen LogP contribution in [0.15, 0.2) is 24.3 Å². The number of fused-ring (bicyclic) bond motifs is 1. The van der Waals surface area contributed by atoms with Crippen molar-refractivity contribution >= 4 is 44.6 Å². The molecule has 0 bridgehead atoms. The second kappa shape index (κ2) is 8.46. The molecule has 3 heterocycles. The molecule has 28 heavy (non-hydrogen) atoms. The van der Waals surface area contributed by atoms with E-state index >= 15 is 0 Å². The van der Waals surface area contributed by atoms with E-state index in [1.165, 1.54) is 0 Å². The van der Waals surface area contributed by atoms with Gasteiger partial charge in [-0.15, -0.1) is 0 Å². The predicted octanol–water partition coefficient (Wildman–Crippen LogP) is 2.63. The summed E-state index contributed by atoms with van der Waals surface area (Å²) in [4.78, 5) is 20.1. The molecule has 0 spiro atoms. The summed E-state index contributed by atoms with van der Waals surface area (Å²) in [5.74, 6) is 0.698. The van der Waals surface area contributed by atoms with E-state index in [-0.39, 0.29) is 0 Å². The third-order valence-electron chi connectivity index (χ3n) is 4.82. The molecular formula is C19H22ClN5O2S. The second-order valence-electron chi connectivity index (χ2n) is 6.75. The van der Waals surface area contributed by atoms with Crippen molar-refractivity contribution in [2.75, 3.05) is 44.2 Å². The molecular weight excluding hydrogens is 398 g/mol. The number of benzene rings is 1. The van der Waals surface area contributed by atoms with Crippen LogP contribution in [0.25, 0.3) is 10.2 Å². The minimum absolute atomic E-state index is 0.317. The van der Waals surface area contributed by atoms with Gasteiger partial charge in [0.2, 0.25) is 5.88 Å². The van der Waals surface area contributed by atoms with Crippen molar-refractivity contribution in [1.82, 2.24) is 19.7 Å². The van der Waals surface area contributed by atoms with Gasteiger partial charge in [0, 0.05) is 57.3 Å². The zero-order valence-corrected chi connectivity index (χ0v) is 17.2. The number of carbonyl (C=O) groups excluding carboxylic acids is 1. The van der Waals surface area contributed by atoms with Crippen LogP contribution in [0, 0.1) is 0 Å². The van der Waals surface area contributed by atoms with Gasteiger partial charge in [-0.2, -0.15) is 5.10 Å². The van der Waals surface area contributed by atoms with Crippen molar-refractivity contribution in [2.45, 2.75) is 6.42 Å². The first-order chi connectivity index (χ1) is 13.6. The van der Waals surface area contributed by atoms with Gasteiger partial charge >= 0.3 is 0 Å². The number of hydrogen-bond acceptors (Lipinski definition) is 7. The Kier molecular flexibility index (Phi) is 5.79. The highest BCUT2D eigenvalue weighted by molar-refractivity contribution is 7.22. The lowest BCUT2D eigenvalue weighted by molar-refractivity contribution is -0.107. The molecule has 1 aliphatic heterocycles. The Morgan fingerprint density at radius 2 is 2.07 bits per heavy atom. The van der Waals surface area contributed by atoms with Crippen LogP contribution in [0.4, 0.5) is 5.13 Å². The van der Waals surface area contributed by atoms with Gasteiger partial charge in [0.25, 0.3) is 0 Å². The van der Waals surface area contributed by atoms with Gasteiger partial charge in [0.05, 0.1) is 15.9 Å². The lowest BCUT2D eigenvalue weighted by Crippen LogP contribution is -2.47. The molecule has 0 amide bonds. The van der Waals surface area contributed by atoms with E-state index in [1.54, 1.807) is 16.0 Å². The average molecular weight is 420 g/mol.